The second-order valence-electron chi connectivity index (χ2n) is 6.80. The lowest BCUT2D eigenvalue weighted by molar-refractivity contribution is -0.263. The highest BCUT2D eigenvalue weighted by atomic mass is 19.4. The van der Waals surface area contributed by atoms with Gasteiger partial charge in [-0.3, -0.25) is 10.00 Å². The number of alkyl halides is 3. The number of nitrogens with one attached hydrogen (secondary N) is 1. The maximum atomic E-state index is 13.1. The van der Waals surface area contributed by atoms with Crippen molar-refractivity contribution in [2.75, 3.05) is 13.1 Å². The highest BCUT2D eigenvalue weighted by Gasteiger charge is 2.53. The van der Waals surface area contributed by atoms with E-state index in [4.69, 9.17) is 0 Å². The molecule has 1 atom stereocenters. The second kappa shape index (κ2) is 6.80. The molecule has 0 saturated carbocycles. The fourth-order valence-electron chi connectivity index (χ4n) is 3.34. The summed E-state index contributed by atoms with van der Waals surface area (Å²) in [4.78, 5) is 1.95. The molecule has 0 radical (unpaired) electrons. The van der Waals surface area contributed by atoms with E-state index >= 15 is 0 Å². The summed E-state index contributed by atoms with van der Waals surface area (Å²) >= 11 is 0. The Morgan fingerprint density at radius 3 is 2.80 bits per heavy atom. The zero-order valence-electron chi connectivity index (χ0n) is 14.1. The van der Waals surface area contributed by atoms with Crippen LogP contribution in [-0.2, 0) is 6.54 Å². The summed E-state index contributed by atoms with van der Waals surface area (Å²) in [6.45, 7) is 3.24. The molecule has 1 aromatic carbocycles. The van der Waals surface area contributed by atoms with Crippen LogP contribution in [0.3, 0.4) is 0 Å². The molecule has 4 nitrogen and oxygen atoms in total. The number of aryl methyl sites for hydroxylation is 1. The van der Waals surface area contributed by atoms with Crippen molar-refractivity contribution in [2.24, 2.45) is 0 Å². The van der Waals surface area contributed by atoms with Crippen molar-refractivity contribution in [2.45, 2.75) is 44.5 Å². The van der Waals surface area contributed by atoms with Crippen molar-refractivity contribution in [1.82, 2.24) is 15.1 Å². The van der Waals surface area contributed by atoms with E-state index in [-0.39, 0.29) is 19.4 Å². The molecular formula is C18H22F3N3O. The molecule has 0 aliphatic carbocycles. The van der Waals surface area contributed by atoms with E-state index in [0.717, 1.165) is 22.4 Å². The predicted octanol–water partition coefficient (Wildman–Crippen LogP) is 3.66. The molecule has 1 aromatic heterocycles. The van der Waals surface area contributed by atoms with Crippen molar-refractivity contribution in [3.8, 4) is 11.3 Å². The van der Waals surface area contributed by atoms with Crippen LogP contribution in [0.2, 0.25) is 0 Å². The number of aliphatic hydroxyl groups is 1. The number of aromatic amines is 1. The summed E-state index contributed by atoms with van der Waals surface area (Å²) in [5.41, 5.74) is 1.40. The van der Waals surface area contributed by atoms with Crippen molar-refractivity contribution in [1.29, 1.82) is 0 Å². The summed E-state index contributed by atoms with van der Waals surface area (Å²) in [5.74, 6) is 0. The molecule has 0 amide bonds. The Morgan fingerprint density at radius 2 is 2.08 bits per heavy atom. The van der Waals surface area contributed by atoms with Gasteiger partial charge in [0.15, 0.2) is 5.60 Å². The van der Waals surface area contributed by atoms with Gasteiger partial charge in [-0.05, 0) is 38.8 Å². The van der Waals surface area contributed by atoms with Crippen molar-refractivity contribution >= 4 is 0 Å². The Balaban J connectivity index is 1.73. The normalized spacial score (nSPS) is 22.8. The van der Waals surface area contributed by atoms with Gasteiger partial charge in [-0.2, -0.15) is 18.3 Å². The van der Waals surface area contributed by atoms with Gasteiger partial charge in [0.2, 0.25) is 0 Å². The molecule has 1 aliphatic heterocycles. The summed E-state index contributed by atoms with van der Waals surface area (Å²) in [6, 6.07) is 7.99. The van der Waals surface area contributed by atoms with E-state index in [2.05, 4.69) is 10.2 Å². The molecule has 7 heteroatoms. The predicted molar refractivity (Wildman–Crippen MR) is 88.9 cm³/mol. The molecular weight excluding hydrogens is 331 g/mol. The summed E-state index contributed by atoms with van der Waals surface area (Å²) in [7, 11) is 0. The summed E-state index contributed by atoms with van der Waals surface area (Å²) < 4.78 is 39.2. The molecule has 2 N–H and O–H groups in total. The monoisotopic (exact) mass is 353 g/mol. The summed E-state index contributed by atoms with van der Waals surface area (Å²) in [6.07, 6.45) is -3.09. The van der Waals surface area contributed by atoms with Crippen molar-refractivity contribution < 1.29 is 18.3 Å². The zero-order chi connectivity index (χ0) is 18.1. The number of nitrogens with zero attached hydrogens (tertiary/aromatic N) is 2. The first-order valence-corrected chi connectivity index (χ1v) is 8.39. The number of halogens is 3. The molecule has 136 valence electrons. The quantitative estimate of drug-likeness (QED) is 0.885. The van der Waals surface area contributed by atoms with Gasteiger partial charge in [-0.25, -0.2) is 0 Å². The number of rotatable bonds is 3. The maximum absolute atomic E-state index is 13.1. The van der Waals surface area contributed by atoms with Gasteiger partial charge < -0.3 is 5.11 Å². The highest BCUT2D eigenvalue weighted by molar-refractivity contribution is 5.63. The number of hydrogen-bond acceptors (Lipinski definition) is 3. The molecule has 2 aromatic rings. The Morgan fingerprint density at radius 1 is 1.28 bits per heavy atom. The third-order valence-corrected chi connectivity index (χ3v) is 4.85. The average Bonchev–Trinajstić information content (AvgIpc) is 2.90. The molecule has 1 unspecified atom stereocenters. The maximum Gasteiger partial charge on any atom is 0.417 e. The SMILES string of the molecule is Cc1cccc(-c2[nH]ncc2CN2CCCC(O)(C(F)(F)F)CC2)c1. The molecule has 1 aliphatic rings. The topological polar surface area (TPSA) is 52.2 Å². The molecule has 0 spiro atoms. The lowest BCUT2D eigenvalue weighted by atomic mass is 9.94. The van der Waals surface area contributed by atoms with Crippen LogP contribution in [-0.4, -0.2) is 45.1 Å². The molecule has 1 saturated heterocycles. The van der Waals surface area contributed by atoms with Crippen LogP contribution in [0.1, 0.15) is 30.4 Å². The van der Waals surface area contributed by atoms with Gasteiger partial charge in [0.05, 0.1) is 11.9 Å². The Bertz CT molecular complexity index is 728. The van der Waals surface area contributed by atoms with Crippen LogP contribution in [0.25, 0.3) is 11.3 Å². The number of hydrogen-bond donors (Lipinski definition) is 2. The lowest BCUT2D eigenvalue weighted by Crippen LogP contribution is -2.45. The van der Waals surface area contributed by atoms with E-state index in [0.29, 0.717) is 19.5 Å². The fraction of sp³-hybridized carbons (Fsp3) is 0.500. The van der Waals surface area contributed by atoms with Gasteiger partial charge in [-0.15, -0.1) is 0 Å². The van der Waals surface area contributed by atoms with Crippen molar-refractivity contribution in [3.63, 3.8) is 0 Å². The Kier molecular flexibility index (Phi) is 4.88. The van der Waals surface area contributed by atoms with Gasteiger partial charge in [0.1, 0.15) is 0 Å². The minimum Gasteiger partial charge on any atom is -0.380 e. The van der Waals surface area contributed by atoms with Gasteiger partial charge >= 0.3 is 6.18 Å². The first-order chi connectivity index (χ1) is 11.8. The van der Waals surface area contributed by atoms with Crippen LogP contribution in [0.15, 0.2) is 30.5 Å². The van der Waals surface area contributed by atoms with E-state index in [1.165, 1.54) is 0 Å². The van der Waals surface area contributed by atoms with E-state index in [1.807, 2.05) is 36.1 Å². The molecule has 0 bridgehead atoms. The Hall–Kier alpha value is -1.86. The first-order valence-electron chi connectivity index (χ1n) is 8.39. The van der Waals surface area contributed by atoms with Gasteiger partial charge in [0.25, 0.3) is 0 Å². The number of likely N-dealkylation sites (tertiary alicyclic amines) is 1. The average molecular weight is 353 g/mol. The minimum absolute atomic E-state index is 0.203. The van der Waals surface area contributed by atoms with Crippen LogP contribution in [0, 0.1) is 6.92 Å². The van der Waals surface area contributed by atoms with Gasteiger partial charge in [-0.1, -0.05) is 23.8 Å². The molecule has 1 fully saturated rings. The fourth-order valence-corrected chi connectivity index (χ4v) is 3.34. The van der Waals surface area contributed by atoms with Crippen LogP contribution in [0.5, 0.6) is 0 Å². The minimum atomic E-state index is -4.58. The van der Waals surface area contributed by atoms with Crippen LogP contribution < -0.4 is 0 Å². The summed E-state index contributed by atoms with van der Waals surface area (Å²) in [5, 5.41) is 17.0. The number of benzene rings is 1. The van der Waals surface area contributed by atoms with Crippen LogP contribution >= 0.6 is 0 Å². The van der Waals surface area contributed by atoms with Gasteiger partial charge in [0, 0.05) is 24.2 Å². The van der Waals surface area contributed by atoms with E-state index in [1.54, 1.807) is 6.20 Å². The molecule has 2 heterocycles. The van der Waals surface area contributed by atoms with Crippen molar-refractivity contribution in [3.05, 3.63) is 41.6 Å². The highest BCUT2D eigenvalue weighted by Crippen LogP contribution is 2.38. The standard InChI is InChI=1S/C18H22F3N3O/c1-13-4-2-5-14(10-13)16-15(11-22-23-16)12-24-8-3-6-17(25,7-9-24)18(19,20)21/h2,4-5,10-11,25H,3,6-9,12H2,1H3,(H,22,23). The third kappa shape index (κ3) is 3.88. The van der Waals surface area contributed by atoms with E-state index in [9.17, 15) is 18.3 Å². The molecule has 25 heavy (non-hydrogen) atoms. The van der Waals surface area contributed by atoms with Crippen LogP contribution in [0.4, 0.5) is 13.2 Å². The largest absolute Gasteiger partial charge is 0.417 e. The number of H-pyrrole nitrogens is 1. The smallest absolute Gasteiger partial charge is 0.380 e. The number of aromatic nitrogens is 2. The first kappa shape index (κ1) is 17.9. The third-order valence-electron chi connectivity index (χ3n) is 4.85. The van der Waals surface area contributed by atoms with E-state index < -0.39 is 11.8 Å². The zero-order valence-corrected chi connectivity index (χ0v) is 14.1. The lowest BCUT2D eigenvalue weighted by Gasteiger charge is -2.29. The second-order valence-corrected chi connectivity index (χ2v) is 6.80. The Labute approximate surface area is 144 Å². The molecule has 3 rings (SSSR count).